The Hall–Kier alpha value is -1.71. The maximum atomic E-state index is 12.8. The third kappa shape index (κ3) is 3.80. The van der Waals surface area contributed by atoms with Gasteiger partial charge in [-0.2, -0.15) is 0 Å². The van der Waals surface area contributed by atoms with Crippen molar-refractivity contribution in [2.45, 2.75) is 99.3 Å². The van der Waals surface area contributed by atoms with E-state index in [4.69, 9.17) is 4.74 Å². The molecule has 0 spiro atoms. The molecule has 4 aliphatic carbocycles. The second-order valence-corrected chi connectivity index (χ2v) is 13.6. The number of hydrogen-bond donors (Lipinski definition) is 0. The number of methoxy groups -OCH3 is 1. The van der Waals surface area contributed by atoms with Crippen molar-refractivity contribution in [2.75, 3.05) is 7.11 Å². The van der Waals surface area contributed by atoms with Crippen molar-refractivity contribution < 1.29 is 19.1 Å². The molecule has 35 heavy (non-hydrogen) atoms. The first kappa shape index (κ1) is 26.4. The van der Waals surface area contributed by atoms with Crippen LogP contribution < -0.4 is 0 Å². The number of ether oxygens (including phenoxy) is 1. The zero-order chi connectivity index (χ0) is 26.0. The Labute approximate surface area is 212 Å². The molecule has 0 aromatic rings. The molecule has 0 N–H and O–H groups in total. The highest BCUT2D eigenvalue weighted by atomic mass is 16.5. The lowest BCUT2D eigenvalue weighted by Gasteiger charge is -2.63. The predicted molar refractivity (Wildman–Crippen MR) is 139 cm³/mol. The molecule has 0 radical (unpaired) electrons. The van der Waals surface area contributed by atoms with Gasteiger partial charge in [-0.25, -0.2) is 4.79 Å². The first-order chi connectivity index (χ1) is 16.2. The Morgan fingerprint density at radius 1 is 1.11 bits per heavy atom. The van der Waals surface area contributed by atoms with Crippen LogP contribution >= 0.6 is 0 Å². The highest BCUT2D eigenvalue weighted by Crippen LogP contribution is 2.73. The van der Waals surface area contributed by atoms with E-state index >= 15 is 0 Å². The van der Waals surface area contributed by atoms with Crippen molar-refractivity contribution in [1.82, 2.24) is 0 Å². The Morgan fingerprint density at radius 3 is 2.46 bits per heavy atom. The molecule has 0 saturated heterocycles. The van der Waals surface area contributed by atoms with E-state index in [9.17, 15) is 14.4 Å². The molecule has 7 atom stereocenters. The summed E-state index contributed by atoms with van der Waals surface area (Å²) in [6.45, 7) is 17.8. The van der Waals surface area contributed by atoms with Gasteiger partial charge in [0, 0.05) is 30.3 Å². The summed E-state index contributed by atoms with van der Waals surface area (Å²) < 4.78 is 4.72. The third-order valence-corrected chi connectivity index (χ3v) is 11.8. The maximum absolute atomic E-state index is 12.8. The fourth-order valence-electron chi connectivity index (χ4n) is 9.49. The lowest BCUT2D eigenvalue weighted by molar-refractivity contribution is -0.146. The normalized spacial score (nSPS) is 40.6. The summed E-state index contributed by atoms with van der Waals surface area (Å²) in [4.78, 5) is 37.3. The number of esters is 1. The minimum Gasteiger partial charge on any atom is -0.466 e. The summed E-state index contributed by atoms with van der Waals surface area (Å²) in [5.41, 5.74) is 2.18. The number of rotatable bonds is 6. The third-order valence-electron chi connectivity index (χ3n) is 11.8. The van der Waals surface area contributed by atoms with Crippen molar-refractivity contribution in [1.29, 1.82) is 0 Å². The van der Waals surface area contributed by atoms with E-state index < -0.39 is 5.97 Å². The van der Waals surface area contributed by atoms with Gasteiger partial charge in [0.15, 0.2) is 0 Å². The smallest absolute Gasteiger partial charge is 0.333 e. The molecule has 194 valence electrons. The van der Waals surface area contributed by atoms with Crippen LogP contribution in [0.15, 0.2) is 23.8 Å². The largest absolute Gasteiger partial charge is 0.466 e. The molecule has 0 bridgehead atoms. The SMILES string of the molecule is C=C(CC(=O)C[C@@H](C)[C@H]1CC[C@@]2(C)C3=CC[C@H]4C(C)(C)C(=O)CC[C@]4(C)[C@@H]3CC[C@]12C)C(=O)OC. The minimum absolute atomic E-state index is 0.0825. The summed E-state index contributed by atoms with van der Waals surface area (Å²) in [5, 5.41) is 0. The van der Waals surface area contributed by atoms with Crippen molar-refractivity contribution in [3.05, 3.63) is 23.8 Å². The van der Waals surface area contributed by atoms with Crippen molar-refractivity contribution >= 4 is 17.5 Å². The van der Waals surface area contributed by atoms with Gasteiger partial charge >= 0.3 is 5.97 Å². The number of fused-ring (bicyclic) bond motifs is 5. The van der Waals surface area contributed by atoms with Gasteiger partial charge in [0.25, 0.3) is 0 Å². The van der Waals surface area contributed by atoms with Crippen molar-refractivity contribution in [3.8, 4) is 0 Å². The van der Waals surface area contributed by atoms with Crippen LogP contribution in [-0.4, -0.2) is 24.6 Å². The second-order valence-electron chi connectivity index (χ2n) is 13.6. The average molecular weight is 483 g/mol. The monoisotopic (exact) mass is 482 g/mol. The van der Waals surface area contributed by atoms with Crippen molar-refractivity contribution in [2.24, 2.45) is 45.3 Å². The molecule has 4 rings (SSSR count). The van der Waals surface area contributed by atoms with Gasteiger partial charge in [0.05, 0.1) is 7.11 Å². The van der Waals surface area contributed by atoms with Crippen LogP contribution in [0.1, 0.15) is 99.3 Å². The van der Waals surface area contributed by atoms with Crippen molar-refractivity contribution in [3.63, 3.8) is 0 Å². The fraction of sp³-hybridized carbons (Fsp3) is 0.774. The van der Waals surface area contributed by atoms with E-state index in [2.05, 4.69) is 54.2 Å². The number of ketones is 2. The summed E-state index contributed by atoms with van der Waals surface area (Å²) in [5.74, 6) is 1.78. The first-order valence-electron chi connectivity index (χ1n) is 13.7. The van der Waals surface area contributed by atoms with Crippen LogP contribution in [0.3, 0.4) is 0 Å². The molecule has 4 nitrogen and oxygen atoms in total. The van der Waals surface area contributed by atoms with Gasteiger partial charge in [-0.3, -0.25) is 9.59 Å². The minimum atomic E-state index is -0.492. The molecule has 0 amide bonds. The lowest BCUT2D eigenvalue weighted by atomic mass is 9.41. The van der Waals surface area contributed by atoms with E-state index in [0.29, 0.717) is 30.0 Å². The molecular weight excluding hydrogens is 436 g/mol. The van der Waals surface area contributed by atoms with Gasteiger partial charge < -0.3 is 4.74 Å². The molecule has 4 aliphatic rings. The second kappa shape index (κ2) is 8.70. The van der Waals surface area contributed by atoms with E-state index in [-0.39, 0.29) is 45.4 Å². The number of carbonyl (C=O) groups excluding carboxylic acids is 3. The molecule has 3 saturated carbocycles. The van der Waals surface area contributed by atoms with Crippen LogP contribution in [0.25, 0.3) is 0 Å². The topological polar surface area (TPSA) is 60.4 Å². The van der Waals surface area contributed by atoms with Crippen LogP contribution in [0.4, 0.5) is 0 Å². The van der Waals surface area contributed by atoms with Crippen LogP contribution in [0.5, 0.6) is 0 Å². The number of hydrogen-bond acceptors (Lipinski definition) is 4. The van der Waals surface area contributed by atoms with Gasteiger partial charge in [0.1, 0.15) is 11.6 Å². The maximum Gasteiger partial charge on any atom is 0.333 e. The number of allylic oxidation sites excluding steroid dienone is 2. The molecular formula is C31H46O4. The lowest BCUT2D eigenvalue weighted by Crippen LogP contribution is -2.57. The molecule has 0 heterocycles. The number of carbonyl (C=O) groups is 3. The van der Waals surface area contributed by atoms with Crippen LogP contribution in [0, 0.1) is 45.3 Å². The van der Waals surface area contributed by atoms with Crippen LogP contribution in [0.2, 0.25) is 0 Å². The summed E-state index contributed by atoms with van der Waals surface area (Å²) in [6.07, 6.45) is 10.6. The standard InChI is InChI=1S/C31H46O4/c1-19(17-21(32)18-20(2)27(34)35-8)22-11-15-31(7)24-9-10-25-28(3,4)26(33)13-14-29(25,5)23(24)12-16-30(22,31)6/h9,19,22-23,25H,2,10-18H2,1,3-8H3/t19-,22-,23-,25+,29-,30-,31+/m1/s1. The molecule has 0 aromatic carbocycles. The first-order valence-corrected chi connectivity index (χ1v) is 13.7. The number of Topliss-reactive ketones (excluding diaryl/α,β-unsaturated/α-hetero) is 2. The Morgan fingerprint density at radius 2 is 1.80 bits per heavy atom. The molecule has 4 heteroatoms. The van der Waals surface area contributed by atoms with E-state index in [1.807, 2.05) is 0 Å². The zero-order valence-corrected chi connectivity index (χ0v) is 23.1. The molecule has 3 fully saturated rings. The van der Waals surface area contributed by atoms with Gasteiger partial charge in [-0.05, 0) is 78.4 Å². The Balaban J connectivity index is 1.56. The molecule has 0 unspecified atom stereocenters. The average Bonchev–Trinajstić information content (AvgIpc) is 3.07. The van der Waals surface area contributed by atoms with Gasteiger partial charge in [-0.15, -0.1) is 0 Å². The summed E-state index contributed by atoms with van der Waals surface area (Å²) in [6, 6.07) is 0. The van der Waals surface area contributed by atoms with E-state index in [1.54, 1.807) is 5.57 Å². The van der Waals surface area contributed by atoms with E-state index in [0.717, 1.165) is 25.7 Å². The van der Waals surface area contributed by atoms with Gasteiger partial charge in [-0.1, -0.05) is 59.8 Å². The predicted octanol–water partition coefficient (Wildman–Crippen LogP) is 6.88. The van der Waals surface area contributed by atoms with E-state index in [1.165, 1.54) is 26.4 Å². The highest BCUT2D eigenvalue weighted by Gasteiger charge is 2.65. The van der Waals surface area contributed by atoms with Gasteiger partial charge in [0.2, 0.25) is 0 Å². The molecule has 0 aliphatic heterocycles. The summed E-state index contributed by atoms with van der Waals surface area (Å²) in [7, 11) is 1.33. The quantitative estimate of drug-likeness (QED) is 0.235. The highest BCUT2D eigenvalue weighted by molar-refractivity contribution is 5.95. The Kier molecular flexibility index (Phi) is 6.55. The fourth-order valence-corrected chi connectivity index (χ4v) is 9.49. The van der Waals surface area contributed by atoms with Crippen LogP contribution in [-0.2, 0) is 19.1 Å². The molecule has 0 aromatic heterocycles. The summed E-state index contributed by atoms with van der Waals surface area (Å²) >= 11 is 0. The Bertz CT molecular complexity index is 972. The zero-order valence-electron chi connectivity index (χ0n) is 23.1.